The molecule has 1 aromatic carbocycles. The monoisotopic (exact) mass is 182 g/mol. The summed E-state index contributed by atoms with van der Waals surface area (Å²) in [5, 5.41) is 9.39. The number of benzene rings is 1. The number of halogens is 1. The molecule has 64 valence electrons. The molecule has 0 atom stereocenters. The molecule has 0 aliphatic rings. The summed E-state index contributed by atoms with van der Waals surface area (Å²) in [4.78, 5) is 0. The number of allylic oxidation sites excluding steroid dienone is 1. The normalized spacial score (nSPS) is 11.8. The van der Waals surface area contributed by atoms with E-state index in [0.717, 1.165) is 16.2 Å². The molecule has 2 heteroatoms. The standard InChI is InChI=1S/C10H11ClO/c1-8(6-7-12)9-4-2-3-5-10(9)11/h2-6,12H,7H2,1H3/b8-6-. The Morgan fingerprint density at radius 2 is 2.17 bits per heavy atom. The van der Waals surface area contributed by atoms with E-state index in [1.54, 1.807) is 6.08 Å². The van der Waals surface area contributed by atoms with Crippen LogP contribution in [0, 0.1) is 0 Å². The van der Waals surface area contributed by atoms with Crippen molar-refractivity contribution in [3.8, 4) is 0 Å². The minimum atomic E-state index is 0.0526. The average molecular weight is 183 g/mol. The predicted molar refractivity (Wildman–Crippen MR) is 52.2 cm³/mol. The van der Waals surface area contributed by atoms with Crippen molar-refractivity contribution in [2.24, 2.45) is 0 Å². The molecule has 0 amide bonds. The van der Waals surface area contributed by atoms with Crippen LogP contribution in [0.5, 0.6) is 0 Å². The highest BCUT2D eigenvalue weighted by molar-refractivity contribution is 6.32. The van der Waals surface area contributed by atoms with Gasteiger partial charge in [-0.25, -0.2) is 0 Å². The topological polar surface area (TPSA) is 20.2 Å². The van der Waals surface area contributed by atoms with Crippen molar-refractivity contribution < 1.29 is 5.11 Å². The SMILES string of the molecule is C/C(=C/CO)c1ccccc1Cl. The van der Waals surface area contributed by atoms with Crippen LogP contribution in [0.15, 0.2) is 30.3 Å². The van der Waals surface area contributed by atoms with Crippen molar-refractivity contribution in [1.82, 2.24) is 0 Å². The van der Waals surface area contributed by atoms with Crippen LogP contribution in [0.25, 0.3) is 5.57 Å². The zero-order valence-electron chi connectivity index (χ0n) is 6.92. The molecular weight excluding hydrogens is 172 g/mol. The Balaban J connectivity index is 3.02. The number of hydrogen-bond donors (Lipinski definition) is 1. The van der Waals surface area contributed by atoms with E-state index in [1.165, 1.54) is 0 Å². The Labute approximate surface area is 77.3 Å². The van der Waals surface area contributed by atoms with Gasteiger partial charge in [-0.3, -0.25) is 0 Å². The Kier molecular flexibility index (Phi) is 3.32. The average Bonchev–Trinajstić information content (AvgIpc) is 2.05. The van der Waals surface area contributed by atoms with E-state index in [9.17, 15) is 0 Å². The van der Waals surface area contributed by atoms with Crippen LogP contribution < -0.4 is 0 Å². The highest BCUT2D eigenvalue weighted by atomic mass is 35.5. The first-order chi connectivity index (χ1) is 5.75. The maximum atomic E-state index is 8.67. The fourth-order valence-electron chi connectivity index (χ4n) is 1.03. The van der Waals surface area contributed by atoms with Gasteiger partial charge in [0.25, 0.3) is 0 Å². The molecule has 1 aromatic rings. The van der Waals surface area contributed by atoms with E-state index in [0.29, 0.717) is 0 Å². The third-order valence-electron chi connectivity index (χ3n) is 1.70. The Hall–Kier alpha value is -0.790. The molecule has 0 aliphatic heterocycles. The molecule has 1 N–H and O–H groups in total. The first-order valence-corrected chi connectivity index (χ1v) is 4.16. The summed E-state index contributed by atoms with van der Waals surface area (Å²) in [6.07, 6.45) is 1.74. The molecular formula is C10H11ClO. The Morgan fingerprint density at radius 1 is 1.50 bits per heavy atom. The lowest BCUT2D eigenvalue weighted by molar-refractivity contribution is 0.343. The van der Waals surface area contributed by atoms with Crippen molar-refractivity contribution in [1.29, 1.82) is 0 Å². The Bertz CT molecular complexity index is 292. The second-order valence-electron chi connectivity index (χ2n) is 2.55. The van der Waals surface area contributed by atoms with Crippen molar-refractivity contribution in [3.63, 3.8) is 0 Å². The molecule has 0 saturated heterocycles. The van der Waals surface area contributed by atoms with Gasteiger partial charge >= 0.3 is 0 Å². The molecule has 0 aliphatic carbocycles. The zero-order chi connectivity index (χ0) is 8.97. The van der Waals surface area contributed by atoms with Gasteiger partial charge in [0, 0.05) is 5.02 Å². The summed E-state index contributed by atoms with van der Waals surface area (Å²) in [6.45, 7) is 1.98. The van der Waals surface area contributed by atoms with Crippen LogP contribution in [0.1, 0.15) is 12.5 Å². The molecule has 1 nitrogen and oxygen atoms in total. The van der Waals surface area contributed by atoms with Gasteiger partial charge in [0.2, 0.25) is 0 Å². The summed E-state index contributed by atoms with van der Waals surface area (Å²) in [6, 6.07) is 7.59. The number of aliphatic hydroxyl groups is 1. The fraction of sp³-hybridized carbons (Fsp3) is 0.200. The van der Waals surface area contributed by atoms with E-state index in [1.807, 2.05) is 31.2 Å². The van der Waals surface area contributed by atoms with Gasteiger partial charge in [-0.1, -0.05) is 35.9 Å². The van der Waals surface area contributed by atoms with Gasteiger partial charge in [-0.2, -0.15) is 0 Å². The number of rotatable bonds is 2. The second kappa shape index (κ2) is 4.29. The first kappa shape index (κ1) is 9.30. The minimum absolute atomic E-state index is 0.0526. The van der Waals surface area contributed by atoms with Crippen LogP contribution in [0.2, 0.25) is 5.02 Å². The molecule has 12 heavy (non-hydrogen) atoms. The first-order valence-electron chi connectivity index (χ1n) is 3.78. The van der Waals surface area contributed by atoms with Crippen LogP contribution in [0.3, 0.4) is 0 Å². The van der Waals surface area contributed by atoms with Gasteiger partial charge in [0.15, 0.2) is 0 Å². The van der Waals surface area contributed by atoms with Crippen molar-refractivity contribution >= 4 is 17.2 Å². The quantitative estimate of drug-likeness (QED) is 0.746. The van der Waals surface area contributed by atoms with E-state index in [-0.39, 0.29) is 6.61 Å². The summed E-state index contributed by atoms with van der Waals surface area (Å²) in [7, 11) is 0. The Morgan fingerprint density at radius 3 is 2.75 bits per heavy atom. The zero-order valence-corrected chi connectivity index (χ0v) is 7.67. The third kappa shape index (κ3) is 2.10. The van der Waals surface area contributed by atoms with Gasteiger partial charge in [-0.15, -0.1) is 0 Å². The van der Waals surface area contributed by atoms with Gasteiger partial charge in [0.05, 0.1) is 6.61 Å². The van der Waals surface area contributed by atoms with Gasteiger partial charge in [0.1, 0.15) is 0 Å². The lowest BCUT2D eigenvalue weighted by Gasteiger charge is -2.02. The van der Waals surface area contributed by atoms with Crippen LogP contribution in [-0.4, -0.2) is 11.7 Å². The van der Waals surface area contributed by atoms with Crippen LogP contribution in [-0.2, 0) is 0 Å². The van der Waals surface area contributed by atoms with Gasteiger partial charge < -0.3 is 5.11 Å². The smallest absolute Gasteiger partial charge is 0.0618 e. The van der Waals surface area contributed by atoms with Gasteiger partial charge in [-0.05, 0) is 24.1 Å². The highest BCUT2D eigenvalue weighted by Gasteiger charge is 1.98. The lowest BCUT2D eigenvalue weighted by atomic mass is 10.1. The predicted octanol–water partition coefficient (Wildman–Crippen LogP) is 2.74. The molecule has 0 bridgehead atoms. The summed E-state index contributed by atoms with van der Waals surface area (Å²) in [5.74, 6) is 0. The molecule has 0 radical (unpaired) electrons. The van der Waals surface area contributed by atoms with Crippen LogP contribution in [0.4, 0.5) is 0 Å². The van der Waals surface area contributed by atoms with E-state index < -0.39 is 0 Å². The number of hydrogen-bond acceptors (Lipinski definition) is 1. The van der Waals surface area contributed by atoms with E-state index >= 15 is 0 Å². The maximum Gasteiger partial charge on any atom is 0.0618 e. The molecule has 1 rings (SSSR count). The molecule has 0 unspecified atom stereocenters. The fourth-order valence-corrected chi connectivity index (χ4v) is 1.31. The summed E-state index contributed by atoms with van der Waals surface area (Å²) in [5.41, 5.74) is 1.98. The van der Waals surface area contributed by atoms with Crippen molar-refractivity contribution in [3.05, 3.63) is 40.9 Å². The molecule has 0 fully saturated rings. The summed E-state index contributed by atoms with van der Waals surface area (Å²) >= 11 is 5.93. The van der Waals surface area contributed by atoms with Crippen molar-refractivity contribution in [2.45, 2.75) is 6.92 Å². The van der Waals surface area contributed by atoms with E-state index in [4.69, 9.17) is 16.7 Å². The molecule has 0 saturated carbocycles. The highest BCUT2D eigenvalue weighted by Crippen LogP contribution is 2.22. The van der Waals surface area contributed by atoms with Crippen LogP contribution >= 0.6 is 11.6 Å². The molecule has 0 spiro atoms. The molecule has 0 aromatic heterocycles. The maximum absolute atomic E-state index is 8.67. The second-order valence-corrected chi connectivity index (χ2v) is 2.96. The molecule has 0 heterocycles. The third-order valence-corrected chi connectivity index (χ3v) is 2.03. The minimum Gasteiger partial charge on any atom is -0.392 e. The van der Waals surface area contributed by atoms with Crippen molar-refractivity contribution in [2.75, 3.05) is 6.61 Å². The number of aliphatic hydroxyl groups excluding tert-OH is 1. The lowest BCUT2D eigenvalue weighted by Crippen LogP contribution is -1.83. The summed E-state index contributed by atoms with van der Waals surface area (Å²) < 4.78 is 0. The largest absolute Gasteiger partial charge is 0.392 e. The van der Waals surface area contributed by atoms with E-state index in [2.05, 4.69) is 0 Å².